The Hall–Kier alpha value is -1.75. The van der Waals surface area contributed by atoms with E-state index >= 15 is 0 Å². The van der Waals surface area contributed by atoms with Gasteiger partial charge in [0, 0.05) is 39.3 Å². The van der Waals surface area contributed by atoms with Gasteiger partial charge in [-0.25, -0.2) is 0 Å². The van der Waals surface area contributed by atoms with Gasteiger partial charge in [-0.15, -0.1) is 0 Å². The van der Waals surface area contributed by atoms with Gasteiger partial charge in [0.05, 0.1) is 18.8 Å². The minimum Gasteiger partial charge on any atom is -0.495 e. The van der Waals surface area contributed by atoms with Crippen LogP contribution >= 0.6 is 0 Å². The van der Waals surface area contributed by atoms with Gasteiger partial charge < -0.3 is 14.5 Å². The standard InChI is InChI=1S/C21H33N3O2/c1-17(21(25)22(2)18-9-5-4-6-10-18)23-13-15-24(16-14-23)19-11-7-8-12-20(19)26-3/h7-8,11-12,17-18H,4-6,9-10,13-16H2,1-3H3. The fourth-order valence-electron chi connectivity index (χ4n) is 4.34. The fraction of sp³-hybridized carbons (Fsp3) is 0.667. The van der Waals surface area contributed by atoms with E-state index in [-0.39, 0.29) is 11.9 Å². The van der Waals surface area contributed by atoms with Crippen molar-refractivity contribution in [3.8, 4) is 5.75 Å². The van der Waals surface area contributed by atoms with Crippen LogP contribution in [0.1, 0.15) is 39.0 Å². The van der Waals surface area contributed by atoms with Crippen molar-refractivity contribution in [1.82, 2.24) is 9.80 Å². The van der Waals surface area contributed by atoms with E-state index in [1.54, 1.807) is 7.11 Å². The molecule has 2 fully saturated rings. The second kappa shape index (κ2) is 8.76. The summed E-state index contributed by atoms with van der Waals surface area (Å²) in [6.45, 7) is 5.73. The van der Waals surface area contributed by atoms with Crippen molar-refractivity contribution in [2.45, 2.75) is 51.1 Å². The number of likely N-dealkylation sites (N-methyl/N-ethyl adjacent to an activating group) is 1. The van der Waals surface area contributed by atoms with Crippen LogP contribution < -0.4 is 9.64 Å². The van der Waals surface area contributed by atoms with E-state index in [1.165, 1.54) is 19.3 Å². The molecule has 0 spiro atoms. The Morgan fingerprint density at radius 2 is 1.77 bits per heavy atom. The Morgan fingerprint density at radius 1 is 1.12 bits per heavy atom. The maximum Gasteiger partial charge on any atom is 0.239 e. The fourth-order valence-corrected chi connectivity index (χ4v) is 4.34. The molecule has 144 valence electrons. The van der Waals surface area contributed by atoms with Crippen molar-refractivity contribution in [3.63, 3.8) is 0 Å². The van der Waals surface area contributed by atoms with Crippen molar-refractivity contribution in [3.05, 3.63) is 24.3 Å². The second-order valence-electron chi connectivity index (χ2n) is 7.61. The monoisotopic (exact) mass is 359 g/mol. The molecule has 1 atom stereocenters. The van der Waals surface area contributed by atoms with Crippen molar-refractivity contribution in [2.24, 2.45) is 0 Å². The van der Waals surface area contributed by atoms with Crippen molar-refractivity contribution in [1.29, 1.82) is 0 Å². The number of para-hydroxylation sites is 2. The number of anilines is 1. The highest BCUT2D eigenvalue weighted by atomic mass is 16.5. The number of carbonyl (C=O) groups is 1. The van der Waals surface area contributed by atoms with Crippen LogP contribution in [0.5, 0.6) is 5.75 Å². The van der Waals surface area contributed by atoms with Crippen molar-refractivity contribution < 1.29 is 9.53 Å². The van der Waals surface area contributed by atoms with E-state index in [9.17, 15) is 4.79 Å². The Bertz CT molecular complexity index is 593. The van der Waals surface area contributed by atoms with Gasteiger partial charge in [-0.1, -0.05) is 31.4 Å². The van der Waals surface area contributed by atoms with Crippen molar-refractivity contribution in [2.75, 3.05) is 45.2 Å². The maximum atomic E-state index is 12.9. The van der Waals surface area contributed by atoms with Gasteiger partial charge in [0.25, 0.3) is 0 Å². The molecule has 1 saturated carbocycles. The summed E-state index contributed by atoms with van der Waals surface area (Å²) in [7, 11) is 3.72. The van der Waals surface area contributed by atoms with E-state index in [0.717, 1.165) is 50.5 Å². The van der Waals surface area contributed by atoms with E-state index in [1.807, 2.05) is 24.1 Å². The molecule has 0 aromatic heterocycles. The first kappa shape index (κ1) is 19.0. The second-order valence-corrected chi connectivity index (χ2v) is 7.61. The van der Waals surface area contributed by atoms with Crippen LogP contribution in [0.4, 0.5) is 5.69 Å². The molecule has 1 aliphatic carbocycles. The number of benzene rings is 1. The first-order valence-corrected chi connectivity index (χ1v) is 10.0. The quantitative estimate of drug-likeness (QED) is 0.810. The SMILES string of the molecule is COc1ccccc1N1CCN(C(C)C(=O)N(C)C2CCCCC2)CC1. The van der Waals surface area contributed by atoms with E-state index in [0.29, 0.717) is 6.04 Å². The average Bonchev–Trinajstić information content (AvgIpc) is 2.73. The van der Waals surface area contributed by atoms with Gasteiger partial charge in [-0.3, -0.25) is 9.69 Å². The van der Waals surface area contributed by atoms with Crippen LogP contribution in [0.15, 0.2) is 24.3 Å². The van der Waals surface area contributed by atoms with E-state index < -0.39 is 0 Å². The smallest absolute Gasteiger partial charge is 0.239 e. The number of piperazine rings is 1. The number of carbonyl (C=O) groups excluding carboxylic acids is 1. The minimum absolute atomic E-state index is 0.0401. The van der Waals surface area contributed by atoms with E-state index in [4.69, 9.17) is 4.74 Å². The van der Waals surface area contributed by atoms with Crippen LogP contribution in [0.2, 0.25) is 0 Å². The first-order chi connectivity index (χ1) is 12.6. The summed E-state index contributed by atoms with van der Waals surface area (Å²) in [6.07, 6.45) is 6.16. The topological polar surface area (TPSA) is 36.0 Å². The number of amides is 1. The molecule has 0 bridgehead atoms. The lowest BCUT2D eigenvalue weighted by Gasteiger charge is -2.41. The predicted molar refractivity (Wildman–Crippen MR) is 106 cm³/mol. The zero-order valence-electron chi connectivity index (χ0n) is 16.5. The van der Waals surface area contributed by atoms with Crippen LogP contribution in [0.3, 0.4) is 0 Å². The molecule has 5 heteroatoms. The molecule has 2 aliphatic rings. The molecule has 1 aromatic rings. The Balaban J connectivity index is 1.56. The summed E-state index contributed by atoms with van der Waals surface area (Å²) in [4.78, 5) is 19.7. The largest absolute Gasteiger partial charge is 0.495 e. The Morgan fingerprint density at radius 3 is 2.42 bits per heavy atom. The Labute approximate surface area is 157 Å². The number of ether oxygens (including phenoxy) is 1. The zero-order valence-corrected chi connectivity index (χ0v) is 16.5. The van der Waals surface area contributed by atoms with Gasteiger partial charge in [0.15, 0.2) is 0 Å². The molecule has 1 unspecified atom stereocenters. The van der Waals surface area contributed by atoms with Gasteiger partial charge in [-0.05, 0) is 31.9 Å². The lowest BCUT2D eigenvalue weighted by atomic mass is 9.94. The third kappa shape index (κ3) is 4.14. The minimum atomic E-state index is -0.0401. The third-order valence-corrected chi connectivity index (χ3v) is 6.12. The van der Waals surface area contributed by atoms with Gasteiger partial charge in [0.2, 0.25) is 5.91 Å². The lowest BCUT2D eigenvalue weighted by Crippen LogP contribution is -2.55. The summed E-state index contributed by atoms with van der Waals surface area (Å²) in [5.41, 5.74) is 1.15. The van der Waals surface area contributed by atoms with E-state index in [2.05, 4.69) is 28.9 Å². The molecular formula is C21H33N3O2. The molecule has 26 heavy (non-hydrogen) atoms. The van der Waals surface area contributed by atoms with Gasteiger partial charge in [0.1, 0.15) is 5.75 Å². The summed E-state index contributed by atoms with van der Waals surface area (Å²) >= 11 is 0. The summed E-state index contributed by atoms with van der Waals surface area (Å²) in [6, 6.07) is 8.57. The van der Waals surface area contributed by atoms with Crippen LogP contribution in [0.25, 0.3) is 0 Å². The molecule has 5 nitrogen and oxygen atoms in total. The highest BCUT2D eigenvalue weighted by Crippen LogP contribution is 2.29. The van der Waals surface area contributed by atoms with Crippen molar-refractivity contribution >= 4 is 11.6 Å². The molecule has 0 radical (unpaired) electrons. The highest BCUT2D eigenvalue weighted by Gasteiger charge is 2.31. The van der Waals surface area contributed by atoms with Gasteiger partial charge in [-0.2, -0.15) is 0 Å². The number of hydrogen-bond donors (Lipinski definition) is 0. The number of hydrogen-bond acceptors (Lipinski definition) is 4. The lowest BCUT2D eigenvalue weighted by molar-refractivity contribution is -0.138. The van der Waals surface area contributed by atoms with Crippen LogP contribution in [-0.2, 0) is 4.79 Å². The highest BCUT2D eigenvalue weighted by molar-refractivity contribution is 5.81. The molecule has 3 rings (SSSR count). The first-order valence-electron chi connectivity index (χ1n) is 10.0. The summed E-state index contributed by atoms with van der Waals surface area (Å²) in [5, 5.41) is 0. The van der Waals surface area contributed by atoms with Gasteiger partial charge >= 0.3 is 0 Å². The molecule has 1 saturated heterocycles. The van der Waals surface area contributed by atoms with Crippen LogP contribution in [0, 0.1) is 0 Å². The number of rotatable bonds is 5. The summed E-state index contributed by atoms with van der Waals surface area (Å²) in [5.74, 6) is 1.20. The predicted octanol–water partition coefficient (Wildman–Crippen LogP) is 3.00. The zero-order chi connectivity index (χ0) is 18.5. The number of methoxy groups -OCH3 is 1. The maximum absolute atomic E-state index is 12.9. The molecule has 1 aliphatic heterocycles. The molecule has 1 amide bonds. The third-order valence-electron chi connectivity index (χ3n) is 6.12. The number of nitrogens with zero attached hydrogens (tertiary/aromatic N) is 3. The molecule has 1 heterocycles. The molecule has 0 N–H and O–H groups in total. The summed E-state index contributed by atoms with van der Waals surface area (Å²) < 4.78 is 5.49. The normalized spacial score (nSPS) is 20.7. The average molecular weight is 360 g/mol. The molecular weight excluding hydrogens is 326 g/mol. The Kier molecular flexibility index (Phi) is 6.41. The van der Waals surface area contributed by atoms with Crippen LogP contribution in [-0.4, -0.2) is 68.1 Å². The molecule has 1 aromatic carbocycles.